The van der Waals surface area contributed by atoms with Crippen LogP contribution >= 0.6 is 0 Å². The van der Waals surface area contributed by atoms with Gasteiger partial charge in [0.15, 0.2) is 11.5 Å². The minimum absolute atomic E-state index is 0.0824. The van der Waals surface area contributed by atoms with Crippen LogP contribution in [0.15, 0.2) is 30.3 Å². The van der Waals surface area contributed by atoms with Gasteiger partial charge in [0.1, 0.15) is 12.0 Å². The van der Waals surface area contributed by atoms with Crippen LogP contribution in [-0.2, 0) is 5.41 Å². The number of rotatable bonds is 5. The molecule has 128 valence electrons. The number of benzene rings is 2. The van der Waals surface area contributed by atoms with Gasteiger partial charge in [-0.15, -0.1) is 0 Å². The SMILES string of the molecule is COc1cc(C=O)cc(Oc2ccc(C)cc2C(C)(C)C)c1OC. The molecule has 0 spiro atoms. The fraction of sp³-hybridized carbons (Fsp3) is 0.350. The van der Waals surface area contributed by atoms with Crippen molar-refractivity contribution >= 4 is 6.29 Å². The predicted molar refractivity (Wildman–Crippen MR) is 94.9 cm³/mol. The normalized spacial score (nSPS) is 11.1. The molecule has 2 aromatic carbocycles. The molecule has 0 bridgehead atoms. The van der Waals surface area contributed by atoms with Gasteiger partial charge in [0, 0.05) is 11.1 Å². The number of hydrogen-bond donors (Lipinski definition) is 0. The van der Waals surface area contributed by atoms with Gasteiger partial charge < -0.3 is 14.2 Å². The first-order valence-electron chi connectivity index (χ1n) is 7.80. The minimum atomic E-state index is -0.0824. The summed E-state index contributed by atoms with van der Waals surface area (Å²) in [4.78, 5) is 11.2. The molecule has 4 heteroatoms. The van der Waals surface area contributed by atoms with Crippen LogP contribution in [0.2, 0.25) is 0 Å². The van der Waals surface area contributed by atoms with Crippen LogP contribution in [0.1, 0.15) is 42.3 Å². The van der Waals surface area contributed by atoms with Crippen LogP contribution in [0.25, 0.3) is 0 Å². The number of aryl methyl sites for hydroxylation is 1. The zero-order valence-electron chi connectivity index (χ0n) is 15.1. The maximum atomic E-state index is 11.2. The van der Waals surface area contributed by atoms with Crippen molar-refractivity contribution in [1.82, 2.24) is 0 Å². The van der Waals surface area contributed by atoms with Crippen molar-refractivity contribution in [1.29, 1.82) is 0 Å². The Morgan fingerprint density at radius 2 is 1.58 bits per heavy atom. The summed E-state index contributed by atoms with van der Waals surface area (Å²) < 4.78 is 16.9. The molecule has 0 aromatic heterocycles. The van der Waals surface area contributed by atoms with Crippen molar-refractivity contribution in [2.24, 2.45) is 0 Å². The molecule has 0 heterocycles. The number of carbonyl (C=O) groups excluding carboxylic acids is 1. The topological polar surface area (TPSA) is 44.8 Å². The smallest absolute Gasteiger partial charge is 0.203 e. The van der Waals surface area contributed by atoms with Gasteiger partial charge in [0.2, 0.25) is 5.75 Å². The van der Waals surface area contributed by atoms with E-state index in [9.17, 15) is 4.79 Å². The lowest BCUT2D eigenvalue weighted by molar-refractivity contribution is 0.112. The Morgan fingerprint density at radius 3 is 2.12 bits per heavy atom. The first kappa shape index (κ1) is 17.9. The summed E-state index contributed by atoms with van der Waals surface area (Å²) in [7, 11) is 3.08. The van der Waals surface area contributed by atoms with Gasteiger partial charge in [-0.2, -0.15) is 0 Å². The summed E-state index contributed by atoms with van der Waals surface area (Å²) in [6.07, 6.45) is 0.759. The largest absolute Gasteiger partial charge is 0.493 e. The van der Waals surface area contributed by atoms with Crippen LogP contribution in [0.3, 0.4) is 0 Å². The van der Waals surface area contributed by atoms with Crippen molar-refractivity contribution in [2.45, 2.75) is 33.1 Å². The monoisotopic (exact) mass is 328 g/mol. The van der Waals surface area contributed by atoms with Crippen LogP contribution < -0.4 is 14.2 Å². The zero-order chi connectivity index (χ0) is 17.9. The predicted octanol–water partition coefficient (Wildman–Crippen LogP) is 4.91. The third-order valence-corrected chi connectivity index (χ3v) is 3.77. The molecule has 0 aliphatic carbocycles. The number of methoxy groups -OCH3 is 2. The van der Waals surface area contributed by atoms with Crippen molar-refractivity contribution in [3.8, 4) is 23.0 Å². The Hall–Kier alpha value is -2.49. The summed E-state index contributed by atoms with van der Waals surface area (Å²) in [6.45, 7) is 8.45. The summed E-state index contributed by atoms with van der Waals surface area (Å²) in [5, 5.41) is 0. The summed E-state index contributed by atoms with van der Waals surface area (Å²) >= 11 is 0. The Kier molecular flexibility index (Phi) is 5.17. The minimum Gasteiger partial charge on any atom is -0.493 e. The molecular formula is C20H24O4. The molecule has 0 atom stereocenters. The van der Waals surface area contributed by atoms with Gasteiger partial charge in [-0.3, -0.25) is 4.79 Å². The maximum absolute atomic E-state index is 11.2. The van der Waals surface area contributed by atoms with Gasteiger partial charge in [-0.1, -0.05) is 38.5 Å². The highest BCUT2D eigenvalue weighted by Gasteiger charge is 2.21. The van der Waals surface area contributed by atoms with Crippen molar-refractivity contribution in [3.05, 3.63) is 47.0 Å². The molecule has 24 heavy (non-hydrogen) atoms. The Balaban J connectivity index is 2.58. The second-order valence-electron chi connectivity index (χ2n) is 6.72. The lowest BCUT2D eigenvalue weighted by atomic mass is 9.85. The third-order valence-electron chi connectivity index (χ3n) is 3.77. The van der Waals surface area contributed by atoms with Crippen LogP contribution in [-0.4, -0.2) is 20.5 Å². The quantitative estimate of drug-likeness (QED) is 0.731. The van der Waals surface area contributed by atoms with Gasteiger partial charge >= 0.3 is 0 Å². The van der Waals surface area contributed by atoms with Crippen molar-refractivity contribution < 1.29 is 19.0 Å². The van der Waals surface area contributed by atoms with E-state index in [2.05, 4.69) is 33.8 Å². The van der Waals surface area contributed by atoms with Gasteiger partial charge in [-0.05, 0) is 30.5 Å². The first-order chi connectivity index (χ1) is 11.3. The van der Waals surface area contributed by atoms with E-state index in [-0.39, 0.29) is 5.41 Å². The second kappa shape index (κ2) is 6.95. The van der Waals surface area contributed by atoms with E-state index in [1.807, 2.05) is 12.1 Å². The van der Waals surface area contributed by atoms with Gasteiger partial charge in [0.05, 0.1) is 14.2 Å². The average Bonchev–Trinajstić information content (AvgIpc) is 2.54. The third kappa shape index (κ3) is 3.70. The van der Waals surface area contributed by atoms with Gasteiger partial charge in [-0.25, -0.2) is 0 Å². The molecule has 0 amide bonds. The molecule has 2 aromatic rings. The fourth-order valence-electron chi connectivity index (χ4n) is 2.53. The molecule has 0 aliphatic heterocycles. The lowest BCUT2D eigenvalue weighted by Crippen LogP contribution is -2.13. The van der Waals surface area contributed by atoms with E-state index in [0.29, 0.717) is 22.8 Å². The molecule has 0 saturated heterocycles. The summed E-state index contributed by atoms with van der Waals surface area (Å²) in [6, 6.07) is 9.33. The fourth-order valence-corrected chi connectivity index (χ4v) is 2.53. The average molecular weight is 328 g/mol. The van der Waals surface area contributed by atoms with Crippen LogP contribution in [0.4, 0.5) is 0 Å². The molecule has 0 N–H and O–H groups in total. The number of aldehydes is 1. The molecule has 0 radical (unpaired) electrons. The van der Waals surface area contributed by atoms with Crippen molar-refractivity contribution in [3.63, 3.8) is 0 Å². The van der Waals surface area contributed by atoms with E-state index < -0.39 is 0 Å². The molecule has 4 nitrogen and oxygen atoms in total. The Labute approximate surface area is 143 Å². The molecular weight excluding hydrogens is 304 g/mol. The first-order valence-corrected chi connectivity index (χ1v) is 7.80. The van der Waals surface area contributed by atoms with E-state index in [1.54, 1.807) is 19.2 Å². The standard InChI is InChI=1S/C20H24O4/c1-13-7-8-16(15(9-13)20(2,3)4)24-18-11-14(12-21)10-17(22-5)19(18)23-6/h7-12H,1-6H3. The molecule has 0 fully saturated rings. The lowest BCUT2D eigenvalue weighted by Gasteiger charge is -2.24. The highest BCUT2D eigenvalue weighted by atomic mass is 16.5. The maximum Gasteiger partial charge on any atom is 0.203 e. The van der Waals surface area contributed by atoms with Gasteiger partial charge in [0.25, 0.3) is 0 Å². The molecule has 0 saturated carbocycles. The Bertz CT molecular complexity index is 742. The van der Waals surface area contributed by atoms with E-state index in [0.717, 1.165) is 17.6 Å². The number of carbonyl (C=O) groups is 1. The van der Waals surface area contributed by atoms with E-state index in [4.69, 9.17) is 14.2 Å². The summed E-state index contributed by atoms with van der Waals surface area (Å²) in [5.74, 6) is 2.11. The molecule has 0 aliphatic rings. The number of hydrogen-bond acceptors (Lipinski definition) is 4. The molecule has 0 unspecified atom stereocenters. The Morgan fingerprint density at radius 1 is 0.917 bits per heavy atom. The van der Waals surface area contributed by atoms with Crippen molar-refractivity contribution in [2.75, 3.05) is 14.2 Å². The number of ether oxygens (including phenoxy) is 3. The highest BCUT2D eigenvalue weighted by molar-refractivity contribution is 5.78. The van der Waals surface area contributed by atoms with Crippen LogP contribution in [0, 0.1) is 6.92 Å². The highest BCUT2D eigenvalue weighted by Crippen LogP contribution is 2.42. The van der Waals surface area contributed by atoms with E-state index >= 15 is 0 Å². The zero-order valence-corrected chi connectivity index (χ0v) is 15.1. The summed E-state index contributed by atoms with van der Waals surface area (Å²) in [5.41, 5.74) is 2.63. The second-order valence-corrected chi connectivity index (χ2v) is 6.72. The van der Waals surface area contributed by atoms with E-state index in [1.165, 1.54) is 12.7 Å². The van der Waals surface area contributed by atoms with Crippen LogP contribution in [0.5, 0.6) is 23.0 Å². The molecule has 2 rings (SSSR count).